The zero-order valence-corrected chi connectivity index (χ0v) is 22.6. The minimum absolute atomic E-state index is 0.327. The molecule has 0 atom stereocenters. The molecule has 0 spiro atoms. The lowest BCUT2D eigenvalue weighted by Gasteiger charge is -2.11. The molecule has 5 rings (SSSR count). The van der Waals surface area contributed by atoms with Gasteiger partial charge in [-0.25, -0.2) is 18.3 Å². The number of hydrogen-bond donors (Lipinski definition) is 0. The van der Waals surface area contributed by atoms with Crippen molar-refractivity contribution in [3.8, 4) is 23.0 Å². The lowest BCUT2D eigenvalue weighted by Crippen LogP contribution is -2.39. The van der Waals surface area contributed by atoms with Crippen LogP contribution in [0.3, 0.4) is 0 Å². The van der Waals surface area contributed by atoms with Gasteiger partial charge in [0.2, 0.25) is 0 Å². The summed E-state index contributed by atoms with van der Waals surface area (Å²) in [7, 11) is 7.21. The van der Waals surface area contributed by atoms with E-state index >= 15 is 0 Å². The first kappa shape index (κ1) is 26.2. The maximum absolute atomic E-state index is 12.5. The van der Waals surface area contributed by atoms with Crippen LogP contribution < -0.4 is 28.8 Å². The Morgan fingerprint density at radius 1 is 0.625 bits per heavy atom. The third-order valence-electron chi connectivity index (χ3n) is 6.16. The van der Waals surface area contributed by atoms with Crippen molar-refractivity contribution < 1.29 is 28.8 Å². The summed E-state index contributed by atoms with van der Waals surface area (Å²) in [6.07, 6.45) is 7.21. The topological polar surface area (TPSA) is 107 Å². The van der Waals surface area contributed by atoms with Crippen LogP contribution in [0.2, 0.25) is 0 Å². The molecule has 0 aliphatic carbocycles. The SMILES string of the molecule is Cn1cc[n+](C)c1C([O-])=Nc1ccc(Oc2cccc(Oc3ccc(N=C([O-])c4n(C)cc[n+]4C)cc3)c2)cc1. The van der Waals surface area contributed by atoms with Crippen molar-refractivity contribution in [3.05, 3.63) is 109 Å². The Hall–Kier alpha value is -5.38. The van der Waals surface area contributed by atoms with Gasteiger partial charge < -0.3 is 19.7 Å². The van der Waals surface area contributed by atoms with Gasteiger partial charge >= 0.3 is 0 Å². The number of aliphatic imine (C=N–C) groups is 2. The van der Waals surface area contributed by atoms with Crippen molar-refractivity contribution in [1.82, 2.24) is 9.13 Å². The van der Waals surface area contributed by atoms with Crippen molar-refractivity contribution in [2.45, 2.75) is 0 Å². The zero-order valence-electron chi connectivity index (χ0n) is 22.6. The molecule has 2 aromatic heterocycles. The average molecular weight is 537 g/mol. The van der Waals surface area contributed by atoms with E-state index in [1.54, 1.807) is 126 Å². The summed E-state index contributed by atoms with van der Waals surface area (Å²) in [5.41, 5.74) is 1.06. The predicted octanol–water partition coefficient (Wildman–Crippen LogP) is 2.47. The van der Waals surface area contributed by atoms with E-state index < -0.39 is 0 Å². The molecule has 0 bridgehead atoms. The maximum Gasteiger partial charge on any atom is 0.292 e. The second kappa shape index (κ2) is 11.2. The van der Waals surface area contributed by atoms with Gasteiger partial charge in [-0.15, -0.1) is 0 Å². The van der Waals surface area contributed by atoms with Crippen molar-refractivity contribution in [2.24, 2.45) is 38.2 Å². The first-order chi connectivity index (χ1) is 19.3. The van der Waals surface area contributed by atoms with Crippen LogP contribution in [0.1, 0.15) is 11.6 Å². The highest BCUT2D eigenvalue weighted by atomic mass is 16.5. The number of hydrogen-bond acceptors (Lipinski definition) is 6. The smallest absolute Gasteiger partial charge is 0.292 e. The van der Waals surface area contributed by atoms with Crippen LogP contribution >= 0.6 is 0 Å². The molecule has 0 aliphatic rings. The van der Waals surface area contributed by atoms with Gasteiger partial charge in [0.15, 0.2) is 0 Å². The van der Waals surface area contributed by atoms with Crippen molar-refractivity contribution in [1.29, 1.82) is 0 Å². The molecule has 10 heteroatoms. The highest BCUT2D eigenvalue weighted by Gasteiger charge is 2.12. The van der Waals surface area contributed by atoms with E-state index in [0.717, 1.165) is 0 Å². The molecule has 0 amide bonds. The fraction of sp³-hybridized carbons (Fsp3) is 0.133. The Labute approximate surface area is 231 Å². The molecule has 0 radical (unpaired) electrons. The summed E-state index contributed by atoms with van der Waals surface area (Å²) in [6, 6.07) is 21.2. The summed E-state index contributed by atoms with van der Waals surface area (Å²) in [5, 5.41) is 25.1. The Kier molecular flexibility index (Phi) is 7.32. The average Bonchev–Trinajstić information content (AvgIpc) is 3.45. The minimum Gasteiger partial charge on any atom is -0.853 e. The lowest BCUT2D eigenvalue weighted by molar-refractivity contribution is -0.674. The molecule has 0 N–H and O–H groups in total. The minimum atomic E-state index is -0.327. The number of imidazole rings is 2. The molecule has 0 saturated carbocycles. The third-order valence-corrected chi connectivity index (χ3v) is 6.16. The van der Waals surface area contributed by atoms with Gasteiger partial charge in [-0.2, -0.15) is 0 Å². The quantitative estimate of drug-likeness (QED) is 0.173. The fourth-order valence-electron chi connectivity index (χ4n) is 4.17. The number of rotatable bonds is 8. The molecule has 0 aliphatic heterocycles. The number of aromatic nitrogens is 4. The molecule has 0 fully saturated rings. The standard InChI is InChI=1S/C30H28N6O4/c1-33-16-17-34(2)29(33)27(37)31-21-8-12-23(13-9-21)39-25-6-5-7-26(20-25)40-24-14-10-22(11-15-24)32-28(38)30-35(3)18-19-36(30)4/h5-20H,1-4H3. The summed E-state index contributed by atoms with van der Waals surface area (Å²) in [4.78, 5) is 8.38. The van der Waals surface area contributed by atoms with E-state index in [0.29, 0.717) is 46.0 Å². The Bertz CT molecular complexity index is 1540. The molecule has 40 heavy (non-hydrogen) atoms. The Morgan fingerprint density at radius 3 is 1.38 bits per heavy atom. The van der Waals surface area contributed by atoms with Crippen LogP contribution in [-0.2, 0) is 28.2 Å². The molecular weight excluding hydrogens is 508 g/mol. The summed E-state index contributed by atoms with van der Waals surface area (Å²) < 4.78 is 18.9. The summed E-state index contributed by atoms with van der Waals surface area (Å²) >= 11 is 0. The van der Waals surface area contributed by atoms with Gasteiger partial charge in [0, 0.05) is 6.07 Å². The second-order valence-electron chi connectivity index (χ2n) is 9.19. The van der Waals surface area contributed by atoms with E-state index in [4.69, 9.17) is 9.47 Å². The number of nitrogens with zero attached hydrogens (tertiary/aromatic N) is 6. The van der Waals surface area contributed by atoms with Crippen LogP contribution in [0.4, 0.5) is 11.4 Å². The van der Waals surface area contributed by atoms with Gasteiger partial charge in [0.25, 0.3) is 11.6 Å². The number of ether oxygens (including phenoxy) is 2. The van der Waals surface area contributed by atoms with Crippen molar-refractivity contribution >= 4 is 23.2 Å². The first-order valence-corrected chi connectivity index (χ1v) is 12.5. The van der Waals surface area contributed by atoms with Crippen LogP contribution in [0.25, 0.3) is 0 Å². The molecule has 3 aromatic carbocycles. The summed E-state index contributed by atoms with van der Waals surface area (Å²) in [6.45, 7) is 0. The van der Waals surface area contributed by atoms with Gasteiger partial charge in [-0.1, -0.05) is 6.07 Å². The van der Waals surface area contributed by atoms with E-state index in [2.05, 4.69) is 9.98 Å². The molecule has 5 aromatic rings. The van der Waals surface area contributed by atoms with E-state index in [-0.39, 0.29) is 11.8 Å². The zero-order chi connectivity index (χ0) is 28.2. The van der Waals surface area contributed by atoms with Gasteiger partial charge in [0.05, 0.1) is 51.4 Å². The highest BCUT2D eigenvalue weighted by molar-refractivity contribution is 5.88. The molecular formula is C30H28N6O4. The number of aryl methyl sites for hydroxylation is 4. The van der Waals surface area contributed by atoms with Gasteiger partial charge in [-0.3, -0.25) is 9.98 Å². The monoisotopic (exact) mass is 536 g/mol. The largest absolute Gasteiger partial charge is 0.853 e. The van der Waals surface area contributed by atoms with Crippen LogP contribution in [0, 0.1) is 0 Å². The maximum atomic E-state index is 12.5. The highest BCUT2D eigenvalue weighted by Crippen LogP contribution is 2.30. The van der Waals surface area contributed by atoms with Crippen LogP contribution in [0.15, 0.2) is 108 Å². The summed E-state index contributed by atoms with van der Waals surface area (Å²) in [5.74, 6) is 2.67. The number of benzene rings is 3. The van der Waals surface area contributed by atoms with Crippen LogP contribution in [-0.4, -0.2) is 20.9 Å². The third kappa shape index (κ3) is 5.86. The molecule has 202 valence electrons. The lowest BCUT2D eigenvalue weighted by atomic mass is 10.3. The second-order valence-corrected chi connectivity index (χ2v) is 9.19. The first-order valence-electron chi connectivity index (χ1n) is 12.5. The molecule has 0 unspecified atom stereocenters. The van der Waals surface area contributed by atoms with Crippen molar-refractivity contribution in [2.75, 3.05) is 0 Å². The van der Waals surface area contributed by atoms with Gasteiger partial charge in [-0.05, 0) is 60.7 Å². The van der Waals surface area contributed by atoms with E-state index in [1.165, 1.54) is 0 Å². The Morgan fingerprint density at radius 2 is 1.02 bits per heavy atom. The van der Waals surface area contributed by atoms with E-state index in [1.807, 2.05) is 18.2 Å². The van der Waals surface area contributed by atoms with Crippen molar-refractivity contribution in [3.63, 3.8) is 0 Å². The molecule has 10 nitrogen and oxygen atoms in total. The predicted molar refractivity (Wildman–Crippen MR) is 145 cm³/mol. The molecule has 0 saturated heterocycles. The van der Waals surface area contributed by atoms with Gasteiger partial charge in [0.1, 0.15) is 47.8 Å². The fourth-order valence-corrected chi connectivity index (χ4v) is 4.17. The van der Waals surface area contributed by atoms with E-state index in [9.17, 15) is 10.2 Å². The normalized spacial score (nSPS) is 12.0. The Balaban J connectivity index is 1.23. The van der Waals surface area contributed by atoms with Crippen LogP contribution in [0.5, 0.6) is 23.0 Å². The molecule has 2 heterocycles.